The van der Waals surface area contributed by atoms with Gasteiger partial charge in [-0.05, 0) is 56.0 Å². The third-order valence-corrected chi connectivity index (χ3v) is 12.1. The van der Waals surface area contributed by atoms with E-state index in [1.54, 1.807) is 30.3 Å². The van der Waals surface area contributed by atoms with E-state index >= 15 is 0 Å². The van der Waals surface area contributed by atoms with Crippen LogP contribution in [0, 0.1) is 0 Å². The standard InChI is InChI=1S/C41H54N10O11S2/c1-22-36(58)49-29(18-24-8-4-3-5-9-24)40(62)48-28(11-13-32(42)53)39(61)50-30(35(43)57)21-64-41-25-15-17-63-31(25)20-51(41)16-7-6-10-26(46-23(2)52)37(59)44-19-33(54)47-27(38(60)45-22)12-14-34(55)56/h3-5,8-9,15,17,20,22,26-30H,6-7,10-14,16,18-19,21H2,1-2H3,(H2,42,53)(H2,43,57)(H,44,59)(H,45,60)(H,46,52)(H,47,54)(H,48,62)(H,49,58)(H,50,61)(H,55,56)/t22-,26-,27-,28-,29-,30-/m0/s1. The maximum atomic E-state index is 14.0. The topological polar surface area (TPSA) is 332 Å². The highest BCUT2D eigenvalue weighted by Gasteiger charge is 2.32. The van der Waals surface area contributed by atoms with E-state index in [1.165, 1.54) is 36.9 Å². The van der Waals surface area contributed by atoms with Gasteiger partial charge in [-0.1, -0.05) is 30.3 Å². The molecule has 0 aliphatic carbocycles. The summed E-state index contributed by atoms with van der Waals surface area (Å²) in [6.45, 7) is 2.34. The first-order chi connectivity index (χ1) is 30.4. The molecule has 3 heterocycles. The van der Waals surface area contributed by atoms with Gasteiger partial charge in [0.15, 0.2) is 0 Å². The van der Waals surface area contributed by atoms with Crippen LogP contribution in [0.25, 0.3) is 10.1 Å². The number of aliphatic carboxylic acids is 1. The van der Waals surface area contributed by atoms with Crippen LogP contribution in [0.5, 0.6) is 0 Å². The summed E-state index contributed by atoms with van der Waals surface area (Å²) in [5.41, 5.74) is 11.8. The van der Waals surface area contributed by atoms with Gasteiger partial charge in [0.1, 0.15) is 36.3 Å². The Labute approximate surface area is 376 Å². The largest absolute Gasteiger partial charge is 0.481 e. The highest BCUT2D eigenvalue weighted by atomic mass is 32.2. The fourth-order valence-corrected chi connectivity index (χ4v) is 8.80. The molecule has 3 aromatic rings. The lowest BCUT2D eigenvalue weighted by Gasteiger charge is -2.26. The lowest BCUT2D eigenvalue weighted by atomic mass is 10.0. The Morgan fingerprint density at radius 3 is 2.14 bits per heavy atom. The summed E-state index contributed by atoms with van der Waals surface area (Å²) in [7, 11) is 0. The van der Waals surface area contributed by atoms with Crippen molar-refractivity contribution in [3.05, 3.63) is 53.5 Å². The molecule has 346 valence electrons. The number of rotatable bonds is 10. The summed E-state index contributed by atoms with van der Waals surface area (Å²) in [4.78, 5) is 129. The summed E-state index contributed by atoms with van der Waals surface area (Å²) >= 11 is 2.75. The molecular weight excluding hydrogens is 873 g/mol. The average Bonchev–Trinajstić information content (AvgIpc) is 3.83. The van der Waals surface area contributed by atoms with Crippen molar-refractivity contribution < 1.29 is 53.1 Å². The summed E-state index contributed by atoms with van der Waals surface area (Å²) in [5, 5.41) is 30.5. The number of hydrogen-bond acceptors (Lipinski definition) is 12. The van der Waals surface area contributed by atoms with E-state index in [1.807, 2.05) is 22.2 Å². The molecule has 4 rings (SSSR count). The average molecular weight is 927 g/mol. The summed E-state index contributed by atoms with van der Waals surface area (Å²) < 4.78 is 2.91. The monoisotopic (exact) mass is 926 g/mol. The van der Waals surface area contributed by atoms with E-state index in [9.17, 15) is 53.1 Å². The van der Waals surface area contributed by atoms with Crippen molar-refractivity contribution in [1.29, 1.82) is 0 Å². The second-order valence-corrected chi connectivity index (χ2v) is 17.1. The lowest BCUT2D eigenvalue weighted by Crippen LogP contribution is -2.59. The van der Waals surface area contributed by atoms with Gasteiger partial charge in [0.2, 0.25) is 53.2 Å². The number of aromatic nitrogens is 1. The summed E-state index contributed by atoms with van der Waals surface area (Å²) in [6, 6.07) is 2.47. The van der Waals surface area contributed by atoms with Gasteiger partial charge in [-0.3, -0.25) is 47.9 Å². The molecule has 0 radical (unpaired) electrons. The van der Waals surface area contributed by atoms with E-state index in [0.29, 0.717) is 24.9 Å². The molecule has 6 atom stereocenters. The Kier molecular flexibility index (Phi) is 19.1. The number of thiophene rings is 1. The van der Waals surface area contributed by atoms with Crippen molar-refractivity contribution in [3.63, 3.8) is 0 Å². The molecule has 0 bridgehead atoms. The zero-order valence-corrected chi connectivity index (χ0v) is 36.9. The van der Waals surface area contributed by atoms with Crippen LogP contribution in [0.2, 0.25) is 0 Å². The van der Waals surface area contributed by atoms with Crippen LogP contribution in [0.15, 0.2) is 53.0 Å². The van der Waals surface area contributed by atoms with Crippen LogP contribution >= 0.6 is 23.1 Å². The molecule has 0 unspecified atom stereocenters. The number of benzene rings is 1. The van der Waals surface area contributed by atoms with Gasteiger partial charge in [-0.2, -0.15) is 0 Å². The van der Waals surface area contributed by atoms with Gasteiger partial charge in [0, 0.05) is 50.1 Å². The number of thioether (sulfide) groups is 1. The molecule has 0 saturated heterocycles. The predicted octanol–water partition coefficient (Wildman–Crippen LogP) is -1.10. The number of carbonyl (C=O) groups excluding carboxylic acids is 9. The molecule has 9 amide bonds. The Balaban J connectivity index is 1.68. The predicted molar refractivity (Wildman–Crippen MR) is 235 cm³/mol. The van der Waals surface area contributed by atoms with Gasteiger partial charge >= 0.3 is 5.97 Å². The number of carboxylic acids is 1. The van der Waals surface area contributed by atoms with E-state index in [-0.39, 0.29) is 31.4 Å². The van der Waals surface area contributed by atoms with Crippen molar-refractivity contribution >= 4 is 92.3 Å². The van der Waals surface area contributed by atoms with Gasteiger partial charge in [-0.15, -0.1) is 23.1 Å². The Morgan fingerprint density at radius 2 is 1.47 bits per heavy atom. The minimum absolute atomic E-state index is 0.0294. The van der Waals surface area contributed by atoms with Crippen LogP contribution in [0.4, 0.5) is 0 Å². The van der Waals surface area contributed by atoms with Gasteiger partial charge in [0.05, 0.1) is 16.3 Å². The molecule has 0 fully saturated rings. The molecule has 1 aliphatic heterocycles. The number of hydrogen-bond donors (Lipinski definition) is 10. The van der Waals surface area contributed by atoms with E-state index in [2.05, 4.69) is 37.2 Å². The van der Waals surface area contributed by atoms with Crippen LogP contribution < -0.4 is 48.7 Å². The molecule has 1 aromatic carbocycles. The number of aryl methyl sites for hydroxylation is 1. The molecular formula is C41H54N10O11S2. The fourth-order valence-electron chi connectivity index (χ4n) is 6.69. The molecule has 1 aliphatic rings. The van der Waals surface area contributed by atoms with Crippen molar-refractivity contribution in [2.45, 2.75) is 113 Å². The number of amides is 9. The normalized spacial score (nSPS) is 22.8. The van der Waals surface area contributed by atoms with Crippen molar-refractivity contribution in [2.75, 3.05) is 12.3 Å². The number of nitrogens with one attached hydrogen (secondary N) is 7. The molecule has 2 aromatic heterocycles. The lowest BCUT2D eigenvalue weighted by molar-refractivity contribution is -0.138. The minimum atomic E-state index is -1.48. The van der Waals surface area contributed by atoms with Crippen LogP contribution in [0.3, 0.4) is 0 Å². The van der Waals surface area contributed by atoms with Gasteiger partial charge in [0.25, 0.3) is 0 Å². The van der Waals surface area contributed by atoms with E-state index < -0.39 is 115 Å². The van der Waals surface area contributed by atoms with Crippen molar-refractivity contribution in [3.8, 4) is 0 Å². The third-order valence-electron chi connectivity index (χ3n) is 10.0. The van der Waals surface area contributed by atoms with Crippen LogP contribution in [0.1, 0.15) is 64.4 Å². The highest BCUT2D eigenvalue weighted by molar-refractivity contribution is 7.99. The number of carbonyl (C=O) groups is 10. The number of primary amides is 2. The van der Waals surface area contributed by atoms with Crippen LogP contribution in [-0.2, 0) is 60.9 Å². The maximum absolute atomic E-state index is 14.0. The maximum Gasteiger partial charge on any atom is 0.303 e. The van der Waals surface area contributed by atoms with Gasteiger partial charge in [-0.25, -0.2) is 0 Å². The Bertz CT molecular complexity index is 2200. The summed E-state index contributed by atoms with van der Waals surface area (Å²) in [6.07, 6.45) is 1.40. The number of fused-ring (bicyclic) bond motifs is 3. The highest BCUT2D eigenvalue weighted by Crippen LogP contribution is 2.34. The molecule has 21 nitrogen and oxygen atoms in total. The quantitative estimate of drug-likeness (QED) is 0.116. The molecule has 64 heavy (non-hydrogen) atoms. The second-order valence-electron chi connectivity index (χ2n) is 15.2. The first-order valence-corrected chi connectivity index (χ1v) is 22.4. The van der Waals surface area contributed by atoms with Crippen molar-refractivity contribution in [2.24, 2.45) is 11.5 Å². The zero-order valence-electron chi connectivity index (χ0n) is 35.3. The number of nitrogens with two attached hydrogens (primary N) is 2. The summed E-state index contributed by atoms with van der Waals surface area (Å²) in [5.74, 6) is -8.54. The van der Waals surface area contributed by atoms with Gasteiger partial charge < -0.3 is 58.4 Å². The second kappa shape index (κ2) is 24.4. The van der Waals surface area contributed by atoms with Crippen LogP contribution in [-0.4, -0.2) is 117 Å². The fraction of sp³-hybridized carbons (Fsp3) is 0.463. The molecule has 12 N–H and O–H groups in total. The molecule has 0 saturated carbocycles. The minimum Gasteiger partial charge on any atom is -0.481 e. The number of nitrogens with zero attached hydrogens (tertiary/aromatic N) is 1. The third kappa shape index (κ3) is 15.7. The first kappa shape index (κ1) is 50.2. The van der Waals surface area contributed by atoms with Crippen molar-refractivity contribution in [1.82, 2.24) is 41.8 Å². The zero-order chi connectivity index (χ0) is 46.9. The van der Waals surface area contributed by atoms with E-state index in [0.717, 1.165) is 15.1 Å². The number of carboxylic acid groups (broad SMARTS) is 1. The molecule has 0 spiro atoms. The first-order valence-electron chi connectivity index (χ1n) is 20.5. The SMILES string of the molecule is CC(=O)N[C@H]1CCCCn2cc3sccc3c2SC[C@@H](C(N)=O)NC(=O)[C@H](CCC(N)=O)NC(=O)[C@H](Cc2ccccc2)NC(=O)[C@H](C)NC(=O)[C@H](CCC(=O)O)NC(=O)CNC1=O. The smallest absolute Gasteiger partial charge is 0.303 e. The molecule has 23 heteroatoms. The Hall–Kier alpha value is -6.49. The Morgan fingerprint density at radius 1 is 0.812 bits per heavy atom. The van der Waals surface area contributed by atoms with E-state index in [4.69, 9.17) is 11.5 Å².